The van der Waals surface area contributed by atoms with Gasteiger partial charge in [0.15, 0.2) is 0 Å². The van der Waals surface area contributed by atoms with Crippen LogP contribution in [0.2, 0.25) is 0 Å². The minimum Gasteiger partial charge on any atom is -0.307 e. The highest BCUT2D eigenvalue weighted by atomic mass is 32.1. The maximum absolute atomic E-state index is 12.2. The van der Waals surface area contributed by atoms with Crippen molar-refractivity contribution >= 4 is 21.6 Å². The van der Waals surface area contributed by atoms with Crippen molar-refractivity contribution in [2.24, 2.45) is 0 Å². The van der Waals surface area contributed by atoms with Crippen LogP contribution in [0.5, 0.6) is 0 Å². The van der Waals surface area contributed by atoms with Crippen LogP contribution in [0.4, 0.5) is 13.2 Å². The first-order valence-corrected chi connectivity index (χ1v) is 6.84. The Balaban J connectivity index is 2.14. The van der Waals surface area contributed by atoms with E-state index < -0.39 is 12.7 Å². The van der Waals surface area contributed by atoms with Gasteiger partial charge < -0.3 is 5.32 Å². The molecule has 0 saturated carbocycles. The molecule has 0 aliphatic carbocycles. The van der Waals surface area contributed by atoms with Crippen molar-refractivity contribution in [2.75, 3.05) is 13.1 Å². The Morgan fingerprint density at radius 1 is 1.40 bits per heavy atom. The van der Waals surface area contributed by atoms with E-state index in [0.29, 0.717) is 10.2 Å². The first-order valence-electron chi connectivity index (χ1n) is 6.02. The van der Waals surface area contributed by atoms with Crippen molar-refractivity contribution in [1.29, 1.82) is 0 Å². The van der Waals surface area contributed by atoms with Gasteiger partial charge in [-0.3, -0.25) is 9.36 Å². The summed E-state index contributed by atoms with van der Waals surface area (Å²) < 4.78 is 37.3. The Bertz CT molecular complexity index is 675. The number of aryl methyl sites for hydroxylation is 2. The fraction of sp³-hybridized carbons (Fsp3) is 0.500. The van der Waals surface area contributed by atoms with E-state index >= 15 is 0 Å². The Morgan fingerprint density at radius 3 is 2.75 bits per heavy atom. The second-order valence-corrected chi connectivity index (χ2v) is 5.70. The Kier molecular flexibility index (Phi) is 4.14. The topological polar surface area (TPSA) is 46.9 Å². The third kappa shape index (κ3) is 3.18. The zero-order chi connectivity index (χ0) is 14.9. The van der Waals surface area contributed by atoms with E-state index in [2.05, 4.69) is 10.3 Å². The Morgan fingerprint density at radius 2 is 2.10 bits per heavy atom. The van der Waals surface area contributed by atoms with Gasteiger partial charge >= 0.3 is 6.18 Å². The number of fused-ring (bicyclic) bond motifs is 1. The molecule has 0 aliphatic heterocycles. The summed E-state index contributed by atoms with van der Waals surface area (Å²) in [4.78, 5) is 18.1. The molecule has 0 aliphatic rings. The van der Waals surface area contributed by atoms with Crippen LogP contribution in [0.25, 0.3) is 10.2 Å². The average Bonchev–Trinajstić information content (AvgIpc) is 2.63. The van der Waals surface area contributed by atoms with Gasteiger partial charge in [0.1, 0.15) is 4.83 Å². The van der Waals surface area contributed by atoms with Crippen LogP contribution in [-0.2, 0) is 6.54 Å². The minimum atomic E-state index is -4.24. The van der Waals surface area contributed by atoms with Crippen LogP contribution >= 0.6 is 11.3 Å². The van der Waals surface area contributed by atoms with Gasteiger partial charge in [0.05, 0.1) is 18.3 Å². The Labute approximate surface area is 117 Å². The molecule has 8 heteroatoms. The fourth-order valence-electron chi connectivity index (χ4n) is 1.86. The lowest BCUT2D eigenvalue weighted by Gasteiger charge is -2.09. The first-order chi connectivity index (χ1) is 9.29. The van der Waals surface area contributed by atoms with Crippen molar-refractivity contribution in [3.8, 4) is 0 Å². The number of thiophene rings is 1. The molecule has 2 aromatic rings. The van der Waals surface area contributed by atoms with Crippen molar-refractivity contribution in [1.82, 2.24) is 14.9 Å². The molecule has 0 fully saturated rings. The molecular weight excluding hydrogens is 291 g/mol. The summed E-state index contributed by atoms with van der Waals surface area (Å²) in [6, 6.07) is 0. The van der Waals surface area contributed by atoms with Gasteiger partial charge in [-0.2, -0.15) is 13.2 Å². The molecule has 20 heavy (non-hydrogen) atoms. The van der Waals surface area contributed by atoms with Crippen molar-refractivity contribution in [2.45, 2.75) is 26.6 Å². The standard InChI is InChI=1S/C12H14F3N3OS/c1-7-8(2)20-10-9(7)11(19)18(6-17-10)4-3-16-5-12(13,14)15/h6,16H,3-5H2,1-2H3. The van der Waals surface area contributed by atoms with E-state index in [9.17, 15) is 18.0 Å². The third-order valence-electron chi connectivity index (χ3n) is 3.01. The number of nitrogens with zero attached hydrogens (tertiary/aromatic N) is 2. The lowest BCUT2D eigenvalue weighted by Crippen LogP contribution is -2.33. The molecule has 0 radical (unpaired) electrons. The van der Waals surface area contributed by atoms with Crippen LogP contribution in [0, 0.1) is 13.8 Å². The Hall–Kier alpha value is -1.41. The molecule has 4 nitrogen and oxygen atoms in total. The number of nitrogens with one attached hydrogen (secondary N) is 1. The molecule has 0 saturated heterocycles. The lowest BCUT2D eigenvalue weighted by atomic mass is 10.2. The lowest BCUT2D eigenvalue weighted by molar-refractivity contribution is -0.124. The van der Waals surface area contributed by atoms with E-state index in [0.717, 1.165) is 10.4 Å². The van der Waals surface area contributed by atoms with Crippen LogP contribution < -0.4 is 10.9 Å². The summed E-state index contributed by atoms with van der Waals surface area (Å²) >= 11 is 1.44. The van der Waals surface area contributed by atoms with Gasteiger partial charge in [0, 0.05) is 18.0 Å². The molecule has 0 unspecified atom stereocenters. The SMILES string of the molecule is Cc1sc2ncn(CCNCC(F)(F)F)c(=O)c2c1C. The van der Waals surface area contributed by atoms with Crippen molar-refractivity contribution < 1.29 is 13.2 Å². The van der Waals surface area contributed by atoms with Gasteiger partial charge in [-0.25, -0.2) is 4.98 Å². The number of hydrogen-bond donors (Lipinski definition) is 1. The average molecular weight is 305 g/mol. The number of halogens is 3. The van der Waals surface area contributed by atoms with E-state index in [1.165, 1.54) is 22.2 Å². The minimum absolute atomic E-state index is 0.0643. The maximum Gasteiger partial charge on any atom is 0.401 e. The molecule has 2 aromatic heterocycles. The van der Waals surface area contributed by atoms with E-state index in [1.807, 2.05) is 13.8 Å². The highest BCUT2D eigenvalue weighted by molar-refractivity contribution is 7.18. The second kappa shape index (κ2) is 5.53. The summed E-state index contributed by atoms with van der Waals surface area (Å²) in [5, 5.41) is 2.82. The molecule has 110 valence electrons. The zero-order valence-corrected chi connectivity index (χ0v) is 11.9. The molecule has 0 aromatic carbocycles. The van der Waals surface area contributed by atoms with Crippen LogP contribution in [-0.4, -0.2) is 28.8 Å². The van der Waals surface area contributed by atoms with Gasteiger partial charge in [0.25, 0.3) is 5.56 Å². The second-order valence-electron chi connectivity index (χ2n) is 4.50. The molecule has 0 amide bonds. The molecule has 1 N–H and O–H groups in total. The largest absolute Gasteiger partial charge is 0.401 e. The highest BCUT2D eigenvalue weighted by Gasteiger charge is 2.25. The maximum atomic E-state index is 12.2. The van der Waals surface area contributed by atoms with E-state index in [4.69, 9.17) is 0 Å². The van der Waals surface area contributed by atoms with Crippen LogP contribution in [0.1, 0.15) is 10.4 Å². The van der Waals surface area contributed by atoms with Crippen molar-refractivity contribution in [3.05, 3.63) is 27.1 Å². The molecule has 2 rings (SSSR count). The predicted molar refractivity (Wildman–Crippen MR) is 72.3 cm³/mol. The molecule has 0 bridgehead atoms. The predicted octanol–water partition coefficient (Wildman–Crippen LogP) is 2.23. The fourth-order valence-corrected chi connectivity index (χ4v) is 2.85. The third-order valence-corrected chi connectivity index (χ3v) is 4.13. The first kappa shape index (κ1) is 15.0. The smallest absolute Gasteiger partial charge is 0.307 e. The van der Waals surface area contributed by atoms with Gasteiger partial charge in [-0.15, -0.1) is 11.3 Å². The van der Waals surface area contributed by atoms with Gasteiger partial charge in [0.2, 0.25) is 0 Å². The molecular formula is C12H14F3N3OS. The van der Waals surface area contributed by atoms with Gasteiger partial charge in [-0.05, 0) is 19.4 Å². The number of alkyl halides is 3. The summed E-state index contributed by atoms with van der Waals surface area (Å²) in [5.74, 6) is 0. The van der Waals surface area contributed by atoms with Gasteiger partial charge in [-0.1, -0.05) is 0 Å². The van der Waals surface area contributed by atoms with Crippen LogP contribution in [0.3, 0.4) is 0 Å². The zero-order valence-electron chi connectivity index (χ0n) is 11.0. The quantitative estimate of drug-likeness (QED) is 0.881. The summed E-state index contributed by atoms with van der Waals surface area (Å²) in [5.41, 5.74) is 0.686. The number of aromatic nitrogens is 2. The molecule has 0 atom stereocenters. The summed E-state index contributed by atoms with van der Waals surface area (Å²) in [6.45, 7) is 2.93. The number of rotatable bonds is 4. The molecule has 2 heterocycles. The van der Waals surface area contributed by atoms with Crippen molar-refractivity contribution in [3.63, 3.8) is 0 Å². The monoisotopic (exact) mass is 305 g/mol. The van der Waals surface area contributed by atoms with E-state index in [1.54, 1.807) is 0 Å². The summed E-state index contributed by atoms with van der Waals surface area (Å²) in [6.07, 6.45) is -2.86. The molecule has 0 spiro atoms. The van der Waals surface area contributed by atoms with Crippen LogP contribution in [0.15, 0.2) is 11.1 Å². The van der Waals surface area contributed by atoms with E-state index in [-0.39, 0.29) is 18.6 Å². The normalized spacial score (nSPS) is 12.2. The number of hydrogen-bond acceptors (Lipinski definition) is 4. The highest BCUT2D eigenvalue weighted by Crippen LogP contribution is 2.25. The summed E-state index contributed by atoms with van der Waals surface area (Å²) in [7, 11) is 0.